The van der Waals surface area contributed by atoms with Gasteiger partial charge in [-0.15, -0.1) is 0 Å². The Bertz CT molecular complexity index is 2580. The highest BCUT2D eigenvalue weighted by Gasteiger charge is 2.24. The first kappa shape index (κ1) is 25.9. The Morgan fingerprint density at radius 2 is 1.18 bits per heavy atom. The molecule has 0 amide bonds. The lowest BCUT2D eigenvalue weighted by molar-refractivity contribution is 0.573. The van der Waals surface area contributed by atoms with Crippen LogP contribution in [0.25, 0.3) is 65.4 Å². The molecule has 0 saturated heterocycles. The minimum atomic E-state index is -0.0292. The standard InChI is InChI=1S/C42H31NO2/c1-42(2,3)34-19-11-18-33-31-22-21-28(24-37(31)45-41(33)34)43(27-13-5-4-6-14-27)35-25-38-40(32-17-10-9-16-30(32)35)39-29-15-8-7-12-26(29)20-23-36(39)44-38/h4-25H,1-3H3. The van der Waals surface area contributed by atoms with Crippen molar-refractivity contribution in [3.63, 3.8) is 0 Å². The summed E-state index contributed by atoms with van der Waals surface area (Å²) in [5.74, 6) is 0. The average molecular weight is 582 g/mol. The van der Waals surface area contributed by atoms with Crippen molar-refractivity contribution in [2.45, 2.75) is 26.2 Å². The minimum Gasteiger partial charge on any atom is -0.456 e. The molecule has 0 N–H and O–H groups in total. The zero-order valence-electron chi connectivity index (χ0n) is 25.5. The van der Waals surface area contributed by atoms with E-state index in [0.29, 0.717) is 0 Å². The van der Waals surface area contributed by atoms with Crippen LogP contribution in [0.3, 0.4) is 0 Å². The number of benzene rings is 7. The number of fused-ring (bicyclic) bond motifs is 10. The Morgan fingerprint density at radius 1 is 0.467 bits per heavy atom. The zero-order chi connectivity index (χ0) is 30.3. The number of para-hydroxylation sites is 2. The van der Waals surface area contributed by atoms with Gasteiger partial charge >= 0.3 is 0 Å². The second-order valence-corrected chi connectivity index (χ2v) is 13.0. The molecule has 0 bridgehead atoms. The summed E-state index contributed by atoms with van der Waals surface area (Å²) in [7, 11) is 0. The van der Waals surface area contributed by atoms with Crippen LogP contribution in [-0.4, -0.2) is 0 Å². The van der Waals surface area contributed by atoms with Crippen LogP contribution in [0, 0.1) is 0 Å². The lowest BCUT2D eigenvalue weighted by Crippen LogP contribution is -2.10. The number of rotatable bonds is 3. The molecule has 7 aromatic carbocycles. The van der Waals surface area contributed by atoms with Crippen LogP contribution in [0.15, 0.2) is 142 Å². The van der Waals surface area contributed by atoms with E-state index in [1.54, 1.807) is 0 Å². The van der Waals surface area contributed by atoms with Crippen LogP contribution in [0.4, 0.5) is 17.1 Å². The van der Waals surface area contributed by atoms with E-state index < -0.39 is 0 Å². The fourth-order valence-corrected chi connectivity index (χ4v) is 7.09. The molecule has 0 unspecified atom stereocenters. The smallest absolute Gasteiger partial charge is 0.139 e. The lowest BCUT2D eigenvalue weighted by Gasteiger charge is -2.27. The lowest BCUT2D eigenvalue weighted by atomic mass is 9.86. The first-order chi connectivity index (χ1) is 22.0. The molecule has 0 aliphatic carbocycles. The van der Waals surface area contributed by atoms with Gasteiger partial charge in [0.2, 0.25) is 0 Å². The van der Waals surface area contributed by atoms with E-state index in [9.17, 15) is 0 Å². The summed E-state index contributed by atoms with van der Waals surface area (Å²) in [6.07, 6.45) is 0. The normalized spacial score (nSPS) is 12.3. The van der Waals surface area contributed by atoms with Crippen molar-refractivity contribution in [2.75, 3.05) is 4.90 Å². The highest BCUT2D eigenvalue weighted by Crippen LogP contribution is 2.47. The first-order valence-corrected chi connectivity index (χ1v) is 15.5. The van der Waals surface area contributed by atoms with Gasteiger partial charge in [0.25, 0.3) is 0 Å². The molecule has 3 heteroatoms. The molecule has 0 spiro atoms. The van der Waals surface area contributed by atoms with E-state index in [4.69, 9.17) is 8.83 Å². The van der Waals surface area contributed by atoms with Gasteiger partial charge in [0.05, 0.1) is 5.69 Å². The van der Waals surface area contributed by atoms with E-state index in [1.165, 1.54) is 21.7 Å². The Balaban J connectivity index is 1.34. The third kappa shape index (κ3) is 3.90. The second-order valence-electron chi connectivity index (χ2n) is 13.0. The molecule has 9 rings (SSSR count). The van der Waals surface area contributed by atoms with Crippen LogP contribution in [0.5, 0.6) is 0 Å². The fourth-order valence-electron chi connectivity index (χ4n) is 7.09. The average Bonchev–Trinajstić information content (AvgIpc) is 3.63. The summed E-state index contributed by atoms with van der Waals surface area (Å²) < 4.78 is 13.3. The van der Waals surface area contributed by atoms with Gasteiger partial charge in [0.15, 0.2) is 0 Å². The highest BCUT2D eigenvalue weighted by atomic mass is 16.3. The molecule has 2 aromatic heterocycles. The molecule has 0 radical (unpaired) electrons. The summed E-state index contributed by atoms with van der Waals surface area (Å²) in [6, 6.07) is 47.3. The molecule has 0 fully saturated rings. The highest BCUT2D eigenvalue weighted by molar-refractivity contribution is 6.28. The van der Waals surface area contributed by atoms with E-state index >= 15 is 0 Å². The maximum atomic E-state index is 6.67. The van der Waals surface area contributed by atoms with Crippen molar-refractivity contribution in [1.29, 1.82) is 0 Å². The van der Waals surface area contributed by atoms with Gasteiger partial charge in [-0.3, -0.25) is 0 Å². The van der Waals surface area contributed by atoms with Crippen LogP contribution in [-0.2, 0) is 5.41 Å². The number of hydrogen-bond donors (Lipinski definition) is 0. The third-order valence-electron chi connectivity index (χ3n) is 9.15. The third-order valence-corrected chi connectivity index (χ3v) is 9.15. The summed E-state index contributed by atoms with van der Waals surface area (Å²) in [5.41, 5.74) is 7.94. The molecule has 0 aliphatic heterocycles. The Morgan fingerprint density at radius 3 is 2.00 bits per heavy atom. The topological polar surface area (TPSA) is 29.5 Å². The number of hydrogen-bond acceptors (Lipinski definition) is 3. The van der Waals surface area contributed by atoms with Crippen molar-refractivity contribution in [3.8, 4) is 0 Å². The van der Waals surface area contributed by atoms with Gasteiger partial charge < -0.3 is 13.7 Å². The fraction of sp³-hybridized carbons (Fsp3) is 0.0952. The predicted octanol–water partition coefficient (Wildman–Crippen LogP) is 12.6. The van der Waals surface area contributed by atoms with Gasteiger partial charge in [0.1, 0.15) is 22.3 Å². The van der Waals surface area contributed by atoms with Crippen LogP contribution in [0.2, 0.25) is 0 Å². The van der Waals surface area contributed by atoms with Crippen LogP contribution < -0.4 is 4.90 Å². The quantitative estimate of drug-likeness (QED) is 0.208. The molecule has 0 atom stereocenters. The summed E-state index contributed by atoms with van der Waals surface area (Å²) in [6.45, 7) is 6.71. The van der Waals surface area contributed by atoms with Crippen molar-refractivity contribution < 1.29 is 8.83 Å². The summed E-state index contributed by atoms with van der Waals surface area (Å²) in [4.78, 5) is 2.32. The van der Waals surface area contributed by atoms with Gasteiger partial charge in [-0.1, -0.05) is 112 Å². The van der Waals surface area contributed by atoms with Crippen LogP contribution in [0.1, 0.15) is 26.3 Å². The van der Waals surface area contributed by atoms with Crippen molar-refractivity contribution in [2.24, 2.45) is 0 Å². The first-order valence-electron chi connectivity index (χ1n) is 15.5. The molecule has 216 valence electrons. The van der Waals surface area contributed by atoms with E-state index in [2.05, 4.69) is 159 Å². The Kier molecular flexibility index (Phi) is 5.46. The molecule has 0 aliphatic rings. The Hall–Kier alpha value is -5.54. The zero-order valence-corrected chi connectivity index (χ0v) is 25.5. The van der Waals surface area contributed by atoms with Gasteiger partial charge in [-0.25, -0.2) is 0 Å². The van der Waals surface area contributed by atoms with E-state index in [1.807, 2.05) is 0 Å². The number of furan rings is 2. The molecule has 2 heterocycles. The maximum Gasteiger partial charge on any atom is 0.139 e. The van der Waals surface area contributed by atoms with Gasteiger partial charge in [0, 0.05) is 56.0 Å². The maximum absolute atomic E-state index is 6.67. The molecule has 45 heavy (non-hydrogen) atoms. The van der Waals surface area contributed by atoms with E-state index in [0.717, 1.165) is 66.3 Å². The molecule has 9 aromatic rings. The van der Waals surface area contributed by atoms with Crippen molar-refractivity contribution in [3.05, 3.63) is 139 Å². The molecular formula is C42H31NO2. The Labute approximate surface area is 260 Å². The van der Waals surface area contributed by atoms with Crippen LogP contribution >= 0.6 is 0 Å². The van der Waals surface area contributed by atoms with Gasteiger partial charge in [-0.2, -0.15) is 0 Å². The van der Waals surface area contributed by atoms with Gasteiger partial charge in [-0.05, 0) is 51.9 Å². The number of anilines is 3. The molecule has 3 nitrogen and oxygen atoms in total. The second kappa shape index (κ2) is 9.48. The number of nitrogens with zero attached hydrogens (tertiary/aromatic N) is 1. The SMILES string of the molecule is CC(C)(C)c1cccc2c1oc1cc(N(c3ccccc3)c3cc4oc5ccc6ccccc6c5c4c4ccccc34)ccc12. The minimum absolute atomic E-state index is 0.0292. The largest absolute Gasteiger partial charge is 0.456 e. The van der Waals surface area contributed by atoms with Crippen molar-refractivity contribution >= 4 is 82.5 Å². The summed E-state index contributed by atoms with van der Waals surface area (Å²) in [5, 5.41) is 9.32. The molecule has 0 saturated carbocycles. The molecular weight excluding hydrogens is 550 g/mol. The van der Waals surface area contributed by atoms with Crippen molar-refractivity contribution in [1.82, 2.24) is 0 Å². The predicted molar refractivity (Wildman–Crippen MR) is 189 cm³/mol. The van der Waals surface area contributed by atoms with E-state index in [-0.39, 0.29) is 5.41 Å². The monoisotopic (exact) mass is 581 g/mol. The summed E-state index contributed by atoms with van der Waals surface area (Å²) >= 11 is 0.